The van der Waals surface area contributed by atoms with Crippen molar-refractivity contribution >= 4 is 5.71 Å². The lowest BCUT2D eigenvalue weighted by Crippen LogP contribution is -2.10. The first-order valence-corrected chi connectivity index (χ1v) is 4.25. The molecular formula is C7H11N5O. The molecule has 0 amide bonds. The third-order valence-corrected chi connectivity index (χ3v) is 1.87. The summed E-state index contributed by atoms with van der Waals surface area (Å²) in [5, 5.41) is 15.3. The smallest absolute Gasteiger partial charge is 0.214 e. The molecule has 6 heteroatoms. The van der Waals surface area contributed by atoms with Crippen LogP contribution < -0.4 is 0 Å². The van der Waals surface area contributed by atoms with Crippen molar-refractivity contribution in [2.24, 2.45) is 12.2 Å². The van der Waals surface area contributed by atoms with Crippen LogP contribution in [0.25, 0.3) is 0 Å². The summed E-state index contributed by atoms with van der Waals surface area (Å²) in [6, 6.07) is 0. The molecule has 2 rings (SSSR count). The molecule has 1 aromatic rings. The highest BCUT2D eigenvalue weighted by Crippen LogP contribution is 2.14. The summed E-state index contributed by atoms with van der Waals surface area (Å²) in [5.41, 5.74) is 1.13. The molecule has 0 aliphatic heterocycles. The highest BCUT2D eigenvalue weighted by atomic mass is 16.6. The van der Waals surface area contributed by atoms with Crippen molar-refractivity contribution in [3.8, 4) is 0 Å². The molecule has 70 valence electrons. The summed E-state index contributed by atoms with van der Waals surface area (Å²) in [6.45, 7) is 0.303. The zero-order chi connectivity index (χ0) is 9.10. The Hall–Kier alpha value is -1.46. The van der Waals surface area contributed by atoms with Gasteiger partial charge in [-0.1, -0.05) is 5.16 Å². The molecule has 13 heavy (non-hydrogen) atoms. The number of hydrogen-bond acceptors (Lipinski definition) is 5. The standard InChI is InChI=1S/C7H11N5O/c1-12-9-7(8-11-12)5-13-10-6-3-2-4-6/h2-5H2,1H3. The summed E-state index contributed by atoms with van der Waals surface area (Å²) in [5.74, 6) is 0.561. The van der Waals surface area contributed by atoms with Gasteiger partial charge < -0.3 is 4.84 Å². The Bertz CT molecular complexity index is 312. The third kappa shape index (κ3) is 2.01. The van der Waals surface area contributed by atoms with Crippen LogP contribution in [0, 0.1) is 0 Å². The molecular weight excluding hydrogens is 170 g/mol. The Morgan fingerprint density at radius 3 is 2.92 bits per heavy atom. The van der Waals surface area contributed by atoms with Crippen molar-refractivity contribution in [1.82, 2.24) is 20.2 Å². The van der Waals surface area contributed by atoms with Crippen molar-refractivity contribution in [2.75, 3.05) is 0 Å². The Morgan fingerprint density at radius 1 is 1.54 bits per heavy atom. The number of rotatable bonds is 3. The Balaban J connectivity index is 1.79. The summed E-state index contributed by atoms with van der Waals surface area (Å²) >= 11 is 0. The topological polar surface area (TPSA) is 65.2 Å². The number of aromatic nitrogens is 4. The van der Waals surface area contributed by atoms with E-state index in [2.05, 4.69) is 20.6 Å². The van der Waals surface area contributed by atoms with Crippen molar-refractivity contribution < 1.29 is 4.84 Å². The van der Waals surface area contributed by atoms with E-state index in [0.29, 0.717) is 12.4 Å². The van der Waals surface area contributed by atoms with Gasteiger partial charge in [-0.2, -0.15) is 4.80 Å². The van der Waals surface area contributed by atoms with E-state index in [-0.39, 0.29) is 0 Å². The first-order chi connectivity index (χ1) is 6.34. The molecule has 0 radical (unpaired) electrons. The summed E-state index contributed by atoms with van der Waals surface area (Å²) in [6.07, 6.45) is 3.35. The van der Waals surface area contributed by atoms with Gasteiger partial charge in [-0.3, -0.25) is 0 Å². The van der Waals surface area contributed by atoms with E-state index in [9.17, 15) is 0 Å². The van der Waals surface area contributed by atoms with Gasteiger partial charge in [0, 0.05) is 0 Å². The molecule has 0 aromatic carbocycles. The van der Waals surface area contributed by atoms with Crippen molar-refractivity contribution in [3.05, 3.63) is 5.82 Å². The molecule has 1 saturated carbocycles. The molecule has 0 unspecified atom stereocenters. The van der Waals surface area contributed by atoms with E-state index < -0.39 is 0 Å². The molecule has 0 atom stereocenters. The van der Waals surface area contributed by atoms with Gasteiger partial charge >= 0.3 is 0 Å². The van der Waals surface area contributed by atoms with Gasteiger partial charge in [0.25, 0.3) is 0 Å². The molecule has 0 N–H and O–H groups in total. The van der Waals surface area contributed by atoms with Crippen molar-refractivity contribution in [2.45, 2.75) is 25.9 Å². The average molecular weight is 181 g/mol. The second-order valence-corrected chi connectivity index (χ2v) is 2.98. The maximum Gasteiger partial charge on any atom is 0.214 e. The normalized spacial score (nSPS) is 15.3. The highest BCUT2D eigenvalue weighted by molar-refractivity contribution is 5.88. The second-order valence-electron chi connectivity index (χ2n) is 2.98. The van der Waals surface area contributed by atoms with Crippen LogP contribution in [0.1, 0.15) is 25.1 Å². The Morgan fingerprint density at radius 2 is 2.38 bits per heavy atom. The lowest BCUT2D eigenvalue weighted by Gasteiger charge is -2.12. The van der Waals surface area contributed by atoms with Gasteiger partial charge in [0.2, 0.25) is 5.82 Å². The fraction of sp³-hybridized carbons (Fsp3) is 0.714. The van der Waals surface area contributed by atoms with Gasteiger partial charge in [-0.15, -0.1) is 10.2 Å². The monoisotopic (exact) mass is 181 g/mol. The minimum absolute atomic E-state index is 0.303. The van der Waals surface area contributed by atoms with Gasteiger partial charge in [0.15, 0.2) is 6.61 Å². The lowest BCUT2D eigenvalue weighted by molar-refractivity contribution is 0.122. The lowest BCUT2D eigenvalue weighted by atomic mass is 9.98. The first kappa shape index (κ1) is 8.15. The zero-order valence-electron chi connectivity index (χ0n) is 7.47. The van der Waals surface area contributed by atoms with Crippen LogP contribution in [0.2, 0.25) is 0 Å². The number of hydrogen-bond donors (Lipinski definition) is 0. The van der Waals surface area contributed by atoms with Crippen LogP contribution in [-0.2, 0) is 18.5 Å². The fourth-order valence-electron chi connectivity index (χ4n) is 0.989. The molecule has 6 nitrogen and oxygen atoms in total. The Kier molecular flexibility index (Phi) is 2.20. The molecule has 0 spiro atoms. The predicted octanol–water partition coefficient (Wildman–Crippen LogP) is 0.267. The predicted molar refractivity (Wildman–Crippen MR) is 44.9 cm³/mol. The van der Waals surface area contributed by atoms with Crippen molar-refractivity contribution in [1.29, 1.82) is 0 Å². The largest absolute Gasteiger partial charge is 0.387 e. The fourth-order valence-corrected chi connectivity index (χ4v) is 0.989. The maximum atomic E-state index is 5.05. The summed E-state index contributed by atoms with van der Waals surface area (Å²) < 4.78 is 0. The average Bonchev–Trinajstić information content (AvgIpc) is 2.42. The van der Waals surface area contributed by atoms with Crippen LogP contribution >= 0.6 is 0 Å². The second kappa shape index (κ2) is 3.51. The molecule has 1 fully saturated rings. The number of aryl methyl sites for hydroxylation is 1. The molecule has 1 aliphatic rings. The quantitative estimate of drug-likeness (QED) is 0.627. The highest BCUT2D eigenvalue weighted by Gasteiger charge is 2.10. The Labute approximate surface area is 75.6 Å². The van der Waals surface area contributed by atoms with Crippen LogP contribution in [0.5, 0.6) is 0 Å². The molecule has 0 saturated heterocycles. The number of tetrazole rings is 1. The van der Waals surface area contributed by atoms with Crippen LogP contribution in [0.3, 0.4) is 0 Å². The third-order valence-electron chi connectivity index (χ3n) is 1.87. The number of nitrogens with zero attached hydrogens (tertiary/aromatic N) is 5. The van der Waals surface area contributed by atoms with Crippen LogP contribution in [0.15, 0.2) is 5.16 Å². The van der Waals surface area contributed by atoms with Crippen LogP contribution in [0.4, 0.5) is 0 Å². The minimum Gasteiger partial charge on any atom is -0.387 e. The van der Waals surface area contributed by atoms with E-state index in [4.69, 9.17) is 4.84 Å². The first-order valence-electron chi connectivity index (χ1n) is 4.25. The molecule has 1 aliphatic carbocycles. The maximum absolute atomic E-state index is 5.05. The molecule has 1 aromatic heterocycles. The van der Waals surface area contributed by atoms with E-state index in [1.165, 1.54) is 11.2 Å². The zero-order valence-corrected chi connectivity index (χ0v) is 7.47. The van der Waals surface area contributed by atoms with Gasteiger partial charge in [-0.25, -0.2) is 0 Å². The minimum atomic E-state index is 0.303. The number of oxime groups is 1. The van der Waals surface area contributed by atoms with E-state index in [1.807, 2.05) is 0 Å². The van der Waals surface area contributed by atoms with Gasteiger partial charge in [0.1, 0.15) is 0 Å². The summed E-state index contributed by atoms with van der Waals surface area (Å²) in [7, 11) is 1.72. The van der Waals surface area contributed by atoms with E-state index >= 15 is 0 Å². The molecule has 1 heterocycles. The van der Waals surface area contributed by atoms with E-state index in [1.54, 1.807) is 7.05 Å². The van der Waals surface area contributed by atoms with Crippen LogP contribution in [-0.4, -0.2) is 25.9 Å². The van der Waals surface area contributed by atoms with Crippen molar-refractivity contribution in [3.63, 3.8) is 0 Å². The summed E-state index contributed by atoms with van der Waals surface area (Å²) in [4.78, 5) is 6.44. The van der Waals surface area contributed by atoms with Gasteiger partial charge in [-0.05, 0) is 24.5 Å². The molecule has 0 bridgehead atoms. The van der Waals surface area contributed by atoms with E-state index in [0.717, 1.165) is 18.6 Å². The van der Waals surface area contributed by atoms with Gasteiger partial charge in [0.05, 0.1) is 12.8 Å². The SMILES string of the molecule is Cn1nnc(CON=C2CCC2)n1.